The zero-order valence-corrected chi connectivity index (χ0v) is 15.4. The fourth-order valence-corrected chi connectivity index (χ4v) is 2.49. The quantitative estimate of drug-likeness (QED) is 0.557. The third-order valence-electron chi connectivity index (χ3n) is 3.73. The third-order valence-corrected chi connectivity index (χ3v) is 3.73. The molecule has 0 spiro atoms. The van der Waals surface area contributed by atoms with Crippen LogP contribution in [0.3, 0.4) is 0 Å². The first-order valence-corrected chi connectivity index (χ1v) is 8.41. The average molecular weight is 374 g/mol. The van der Waals surface area contributed by atoms with Crippen LogP contribution in [0.25, 0.3) is 6.08 Å². The molecule has 2 amide bonds. The molecular formula is C19H22N2O6. The van der Waals surface area contributed by atoms with Gasteiger partial charge >= 0.3 is 18.0 Å². The first-order chi connectivity index (χ1) is 12.9. The summed E-state index contributed by atoms with van der Waals surface area (Å²) in [7, 11) is 1.56. The van der Waals surface area contributed by atoms with Crippen LogP contribution >= 0.6 is 0 Å². The number of esters is 2. The maximum Gasteiger partial charge on any atom is 0.338 e. The van der Waals surface area contributed by atoms with Gasteiger partial charge in [0.05, 0.1) is 31.0 Å². The molecule has 0 radical (unpaired) electrons. The highest BCUT2D eigenvalue weighted by atomic mass is 16.5. The zero-order chi connectivity index (χ0) is 19.8. The second kappa shape index (κ2) is 9.42. The minimum atomic E-state index is -0.617. The minimum absolute atomic E-state index is 0.194. The molecule has 0 saturated carbocycles. The second-order valence-corrected chi connectivity index (χ2v) is 5.65. The number of nitrogens with one attached hydrogen (secondary N) is 2. The number of methoxy groups -OCH3 is 1. The molecule has 1 aromatic rings. The summed E-state index contributed by atoms with van der Waals surface area (Å²) < 4.78 is 15.3. The molecular weight excluding hydrogens is 352 g/mol. The van der Waals surface area contributed by atoms with Gasteiger partial charge in [0.1, 0.15) is 12.4 Å². The SMILES string of the molecule is CCOC(=O)C1=C(COC(=O)/C=C/c2cccc(OC)c2)NC(=O)N[C@H]1C. The van der Waals surface area contributed by atoms with Gasteiger partial charge in [-0.05, 0) is 37.6 Å². The summed E-state index contributed by atoms with van der Waals surface area (Å²) in [5.41, 5.74) is 1.19. The highest BCUT2D eigenvalue weighted by Gasteiger charge is 2.30. The van der Waals surface area contributed by atoms with Crippen LogP contribution in [0, 0.1) is 0 Å². The largest absolute Gasteiger partial charge is 0.497 e. The topological polar surface area (TPSA) is 103 Å². The van der Waals surface area contributed by atoms with E-state index in [1.807, 2.05) is 6.07 Å². The van der Waals surface area contributed by atoms with Crippen molar-refractivity contribution in [2.24, 2.45) is 0 Å². The van der Waals surface area contributed by atoms with Crippen LogP contribution < -0.4 is 15.4 Å². The van der Waals surface area contributed by atoms with Gasteiger partial charge in [0.15, 0.2) is 0 Å². The molecule has 8 nitrogen and oxygen atoms in total. The Morgan fingerprint density at radius 1 is 1.26 bits per heavy atom. The van der Waals surface area contributed by atoms with E-state index in [0.29, 0.717) is 5.75 Å². The van der Waals surface area contributed by atoms with Crippen LogP contribution in [0.1, 0.15) is 19.4 Å². The zero-order valence-electron chi connectivity index (χ0n) is 15.4. The van der Waals surface area contributed by atoms with Gasteiger partial charge in [-0.15, -0.1) is 0 Å². The van der Waals surface area contributed by atoms with Crippen molar-refractivity contribution in [2.75, 3.05) is 20.3 Å². The van der Waals surface area contributed by atoms with E-state index in [4.69, 9.17) is 14.2 Å². The van der Waals surface area contributed by atoms with Crippen molar-refractivity contribution >= 4 is 24.0 Å². The number of ether oxygens (including phenoxy) is 3. The number of hydrogen-bond acceptors (Lipinski definition) is 6. The van der Waals surface area contributed by atoms with Gasteiger partial charge in [-0.25, -0.2) is 14.4 Å². The summed E-state index contributed by atoms with van der Waals surface area (Å²) in [5.74, 6) is -0.523. The molecule has 2 rings (SSSR count). The number of carbonyl (C=O) groups is 3. The number of amides is 2. The van der Waals surface area contributed by atoms with Crippen molar-refractivity contribution < 1.29 is 28.6 Å². The lowest BCUT2D eigenvalue weighted by molar-refractivity contribution is -0.140. The summed E-state index contributed by atoms with van der Waals surface area (Å²) >= 11 is 0. The van der Waals surface area contributed by atoms with Gasteiger partial charge in [0, 0.05) is 6.08 Å². The maximum absolute atomic E-state index is 12.1. The van der Waals surface area contributed by atoms with E-state index >= 15 is 0 Å². The summed E-state index contributed by atoms with van der Waals surface area (Å²) in [5, 5.41) is 5.06. The van der Waals surface area contributed by atoms with E-state index in [-0.39, 0.29) is 24.5 Å². The molecule has 27 heavy (non-hydrogen) atoms. The Hall–Kier alpha value is -3.29. The number of hydrogen-bond donors (Lipinski definition) is 2. The Morgan fingerprint density at radius 3 is 2.74 bits per heavy atom. The first-order valence-electron chi connectivity index (χ1n) is 8.41. The van der Waals surface area contributed by atoms with Crippen molar-refractivity contribution in [2.45, 2.75) is 19.9 Å². The Kier molecular flexibility index (Phi) is 6.99. The minimum Gasteiger partial charge on any atom is -0.497 e. The molecule has 1 heterocycles. The highest BCUT2D eigenvalue weighted by molar-refractivity contribution is 5.95. The average Bonchev–Trinajstić information content (AvgIpc) is 2.64. The molecule has 1 atom stereocenters. The second-order valence-electron chi connectivity index (χ2n) is 5.65. The molecule has 144 valence electrons. The van der Waals surface area contributed by atoms with Crippen molar-refractivity contribution in [3.05, 3.63) is 47.2 Å². The molecule has 0 aromatic heterocycles. The van der Waals surface area contributed by atoms with Crippen molar-refractivity contribution in [3.63, 3.8) is 0 Å². The van der Waals surface area contributed by atoms with Crippen LogP contribution in [-0.2, 0) is 19.1 Å². The van der Waals surface area contributed by atoms with Crippen LogP contribution in [-0.4, -0.2) is 44.3 Å². The summed E-state index contributed by atoms with van der Waals surface area (Å²) in [6, 6.07) is 6.13. The molecule has 0 saturated heterocycles. The van der Waals surface area contributed by atoms with Gasteiger partial charge < -0.3 is 24.8 Å². The number of urea groups is 1. The van der Waals surface area contributed by atoms with E-state index in [2.05, 4.69) is 10.6 Å². The van der Waals surface area contributed by atoms with Crippen molar-refractivity contribution in [3.8, 4) is 5.75 Å². The molecule has 1 aliphatic rings. The number of carbonyl (C=O) groups excluding carboxylic acids is 3. The Labute approximate surface area is 157 Å². The van der Waals surface area contributed by atoms with Crippen LogP contribution in [0.2, 0.25) is 0 Å². The molecule has 1 aliphatic heterocycles. The third kappa shape index (κ3) is 5.60. The molecule has 1 aromatic carbocycles. The van der Waals surface area contributed by atoms with E-state index in [0.717, 1.165) is 5.56 Å². The molecule has 0 unspecified atom stereocenters. The van der Waals surface area contributed by atoms with E-state index in [9.17, 15) is 14.4 Å². The fraction of sp³-hybridized carbons (Fsp3) is 0.316. The summed E-state index contributed by atoms with van der Waals surface area (Å²) in [6.07, 6.45) is 2.83. The Bertz CT molecular complexity index is 784. The van der Waals surface area contributed by atoms with Crippen LogP contribution in [0.15, 0.2) is 41.6 Å². The van der Waals surface area contributed by atoms with E-state index in [1.54, 1.807) is 45.2 Å². The predicted molar refractivity (Wildman–Crippen MR) is 97.8 cm³/mol. The maximum atomic E-state index is 12.1. The lowest BCUT2D eigenvalue weighted by atomic mass is 10.0. The van der Waals surface area contributed by atoms with Crippen LogP contribution in [0.4, 0.5) is 4.79 Å². The summed E-state index contributed by atoms with van der Waals surface area (Å²) in [4.78, 5) is 35.7. The van der Waals surface area contributed by atoms with Gasteiger partial charge in [0.2, 0.25) is 0 Å². The lowest BCUT2D eigenvalue weighted by Crippen LogP contribution is -2.50. The number of rotatable bonds is 7. The van der Waals surface area contributed by atoms with Gasteiger partial charge in [-0.3, -0.25) is 0 Å². The molecule has 0 fully saturated rings. The molecule has 0 bridgehead atoms. The lowest BCUT2D eigenvalue weighted by Gasteiger charge is -2.26. The summed E-state index contributed by atoms with van der Waals surface area (Å²) in [6.45, 7) is 3.27. The Balaban J connectivity index is 2.06. The van der Waals surface area contributed by atoms with Crippen LogP contribution in [0.5, 0.6) is 5.75 Å². The van der Waals surface area contributed by atoms with E-state index < -0.39 is 24.0 Å². The number of benzene rings is 1. The predicted octanol–water partition coefficient (Wildman–Crippen LogP) is 1.77. The Morgan fingerprint density at radius 2 is 2.04 bits per heavy atom. The van der Waals surface area contributed by atoms with E-state index in [1.165, 1.54) is 6.08 Å². The van der Waals surface area contributed by atoms with Crippen molar-refractivity contribution in [1.82, 2.24) is 10.6 Å². The van der Waals surface area contributed by atoms with Crippen molar-refractivity contribution in [1.29, 1.82) is 0 Å². The van der Waals surface area contributed by atoms with Gasteiger partial charge in [-0.1, -0.05) is 12.1 Å². The van der Waals surface area contributed by atoms with Gasteiger partial charge in [-0.2, -0.15) is 0 Å². The normalized spacial score (nSPS) is 16.6. The smallest absolute Gasteiger partial charge is 0.338 e. The molecule has 0 aliphatic carbocycles. The highest BCUT2D eigenvalue weighted by Crippen LogP contribution is 2.16. The fourth-order valence-electron chi connectivity index (χ4n) is 2.49. The molecule has 2 N–H and O–H groups in total. The molecule has 8 heteroatoms. The first kappa shape index (κ1) is 20.0. The van der Waals surface area contributed by atoms with Gasteiger partial charge in [0.25, 0.3) is 0 Å². The standard InChI is InChI=1S/C19H22N2O6/c1-4-26-18(23)17-12(2)20-19(24)21-15(17)11-27-16(22)9-8-13-6-5-7-14(10-13)25-3/h5-10,12H,4,11H2,1-3H3,(H2,20,21,24)/b9-8+/t12-/m0/s1. The monoisotopic (exact) mass is 374 g/mol.